The number of benzene rings is 3. The molecule has 1 fully saturated rings. The number of ether oxygens (including phenoxy) is 1. The van der Waals surface area contributed by atoms with E-state index in [9.17, 15) is 11.0 Å². The minimum Gasteiger partial charge on any atom is -0.466 e. The quantitative estimate of drug-likeness (QED) is 0.210. The van der Waals surface area contributed by atoms with Crippen molar-refractivity contribution in [3.8, 4) is 11.1 Å². The van der Waals surface area contributed by atoms with Crippen molar-refractivity contribution >= 4 is 34.5 Å². The molecule has 0 bridgehead atoms. The van der Waals surface area contributed by atoms with E-state index < -0.39 is 12.5 Å². The maximum absolute atomic E-state index is 13.9. The van der Waals surface area contributed by atoms with Crippen LogP contribution >= 0.6 is 0 Å². The molecule has 1 heterocycles. The third kappa shape index (κ3) is 5.70. The number of hydrogen-bond acceptors (Lipinski definition) is 4. The van der Waals surface area contributed by atoms with Crippen LogP contribution in [0.3, 0.4) is 0 Å². The van der Waals surface area contributed by atoms with E-state index in [-0.39, 0.29) is 11.8 Å². The van der Waals surface area contributed by atoms with Crippen LogP contribution in [0.4, 0.5) is 5.69 Å². The molecule has 1 saturated carbocycles. The van der Waals surface area contributed by atoms with Crippen molar-refractivity contribution in [3.63, 3.8) is 0 Å². The first-order valence-corrected chi connectivity index (χ1v) is 13.1. The lowest BCUT2D eigenvalue weighted by Gasteiger charge is -2.30. The van der Waals surface area contributed by atoms with Gasteiger partial charge in [-0.3, -0.25) is 9.48 Å². The first-order valence-electron chi connectivity index (χ1n) is 13.7. The summed E-state index contributed by atoms with van der Waals surface area (Å²) in [6, 6.07) is 21.5. The third-order valence-corrected chi connectivity index (χ3v) is 7.22. The Morgan fingerprint density at radius 1 is 1.05 bits per heavy atom. The molecule has 0 radical (unpaired) electrons. The van der Waals surface area contributed by atoms with E-state index in [0.29, 0.717) is 5.69 Å². The van der Waals surface area contributed by atoms with Crippen LogP contribution in [0.1, 0.15) is 44.6 Å². The zero-order valence-corrected chi connectivity index (χ0v) is 21.8. The van der Waals surface area contributed by atoms with Gasteiger partial charge in [0.25, 0.3) is 0 Å². The summed E-state index contributed by atoms with van der Waals surface area (Å²) in [7, 11) is 3.26. The van der Waals surface area contributed by atoms with Gasteiger partial charge in [0.05, 0.1) is 26.7 Å². The minimum absolute atomic E-state index is 0.0186. The molecule has 1 aliphatic rings. The Balaban J connectivity index is 1.45. The van der Waals surface area contributed by atoms with Gasteiger partial charge < -0.3 is 9.64 Å². The second-order valence-corrected chi connectivity index (χ2v) is 9.79. The highest BCUT2D eigenvalue weighted by atomic mass is 16.5. The number of amides is 1. The number of aromatic nitrogens is 2. The average Bonchev–Trinajstić information content (AvgIpc) is 3.36. The molecule has 6 nitrogen and oxygen atoms in total. The summed E-state index contributed by atoms with van der Waals surface area (Å²) in [5, 5.41) is 5.40. The maximum Gasteiger partial charge on any atom is 0.330 e. The molecule has 0 spiro atoms. The molecule has 194 valence electrons. The zero-order chi connectivity index (χ0) is 27.4. The molecule has 1 aromatic heterocycles. The molecular formula is C32H33N3O3. The Labute approximate surface area is 224 Å². The smallest absolute Gasteiger partial charge is 0.330 e. The van der Waals surface area contributed by atoms with Crippen LogP contribution in [0.25, 0.3) is 28.1 Å². The summed E-state index contributed by atoms with van der Waals surface area (Å²) in [6.07, 6.45) is 9.77. The monoisotopic (exact) mass is 508 g/mol. The Hall–Kier alpha value is -4.19. The van der Waals surface area contributed by atoms with Gasteiger partial charge in [-0.05, 0) is 65.4 Å². The van der Waals surface area contributed by atoms with E-state index in [1.54, 1.807) is 11.0 Å². The summed E-state index contributed by atoms with van der Waals surface area (Å²) < 4.78 is 15.8. The van der Waals surface area contributed by atoms with Gasteiger partial charge in [0.1, 0.15) is 0 Å². The first-order chi connectivity index (χ1) is 18.9. The molecule has 6 heteroatoms. The second-order valence-electron chi connectivity index (χ2n) is 9.79. The number of hydrogen-bond donors (Lipinski definition) is 0. The molecule has 1 atom stereocenters. The van der Waals surface area contributed by atoms with Crippen LogP contribution in [0, 0.1) is 5.92 Å². The fourth-order valence-electron chi connectivity index (χ4n) is 5.08. The van der Waals surface area contributed by atoms with E-state index in [1.807, 2.05) is 66.5 Å². The fraction of sp³-hybridized carbons (Fsp3) is 0.281. The number of anilines is 1. The lowest BCUT2D eigenvalue weighted by Crippen LogP contribution is -2.36. The van der Waals surface area contributed by atoms with E-state index in [1.165, 1.54) is 13.2 Å². The Morgan fingerprint density at radius 3 is 2.58 bits per heavy atom. The van der Waals surface area contributed by atoms with Crippen LogP contribution in [0.2, 0.25) is 0 Å². The summed E-state index contributed by atoms with van der Waals surface area (Å²) in [4.78, 5) is 27.1. The number of esters is 1. The first kappa shape index (κ1) is 24.2. The SMILES string of the molecule is [2H]C(c1ccc(-c2ccc3c(cnn3C)c2)cc1)N(C(=O)C1CCCCC1)c1cccc(/C=C/C(=O)OC)c1. The number of carbonyl (C=O) groups is 2. The van der Waals surface area contributed by atoms with Crippen molar-refractivity contribution in [2.75, 3.05) is 12.0 Å². The van der Waals surface area contributed by atoms with Crippen molar-refractivity contribution in [1.29, 1.82) is 0 Å². The highest BCUT2D eigenvalue weighted by molar-refractivity contribution is 5.95. The van der Waals surface area contributed by atoms with Gasteiger partial charge in [-0.1, -0.05) is 61.7 Å². The highest BCUT2D eigenvalue weighted by Gasteiger charge is 2.27. The standard InChI is InChI=1S/C32H33N3O3/c1-34-30-17-16-27(20-28(30)21-33-34)25-14-11-24(12-15-25)22-35(32(37)26-8-4-3-5-9-26)29-10-6-7-23(19-29)13-18-31(36)38-2/h6-7,10-21,26H,3-5,8-9,22H2,1-2H3/b18-13+/i22D. The van der Waals surface area contributed by atoms with E-state index in [2.05, 4.69) is 23.3 Å². The largest absolute Gasteiger partial charge is 0.466 e. The molecule has 4 aromatic rings. The predicted octanol–water partition coefficient (Wildman–Crippen LogP) is 6.54. The fourth-order valence-corrected chi connectivity index (χ4v) is 5.08. The van der Waals surface area contributed by atoms with Gasteiger partial charge in [-0.15, -0.1) is 0 Å². The molecule has 3 aromatic carbocycles. The third-order valence-electron chi connectivity index (χ3n) is 7.22. The van der Waals surface area contributed by atoms with Crippen LogP contribution in [-0.4, -0.2) is 28.8 Å². The number of rotatable bonds is 7. The van der Waals surface area contributed by atoms with Gasteiger partial charge in [-0.25, -0.2) is 4.79 Å². The van der Waals surface area contributed by atoms with E-state index >= 15 is 0 Å². The summed E-state index contributed by atoms with van der Waals surface area (Å²) in [6.45, 7) is -0.908. The number of fused-ring (bicyclic) bond motifs is 1. The van der Waals surface area contributed by atoms with Crippen LogP contribution in [-0.2, 0) is 27.9 Å². The van der Waals surface area contributed by atoms with Gasteiger partial charge in [0.15, 0.2) is 0 Å². The molecule has 0 N–H and O–H groups in total. The van der Waals surface area contributed by atoms with Crippen LogP contribution in [0.5, 0.6) is 0 Å². The Morgan fingerprint density at radius 2 is 1.82 bits per heavy atom. The van der Waals surface area contributed by atoms with Crippen molar-refractivity contribution in [2.45, 2.75) is 38.6 Å². The highest BCUT2D eigenvalue weighted by Crippen LogP contribution is 2.30. The van der Waals surface area contributed by atoms with Crippen molar-refractivity contribution < 1.29 is 15.7 Å². The van der Waals surface area contributed by atoms with Crippen LogP contribution in [0.15, 0.2) is 79.0 Å². The molecule has 0 saturated heterocycles. The topological polar surface area (TPSA) is 64.4 Å². The average molecular weight is 509 g/mol. The molecule has 1 unspecified atom stereocenters. The lowest BCUT2D eigenvalue weighted by molar-refractivity contribution is -0.134. The van der Waals surface area contributed by atoms with E-state index in [4.69, 9.17) is 4.74 Å². The lowest BCUT2D eigenvalue weighted by atomic mass is 9.88. The predicted molar refractivity (Wildman–Crippen MR) is 151 cm³/mol. The molecule has 5 rings (SSSR count). The minimum atomic E-state index is -0.908. The number of nitrogens with zero attached hydrogens (tertiary/aromatic N) is 3. The number of carbonyl (C=O) groups excluding carboxylic acids is 2. The molecule has 0 aliphatic heterocycles. The zero-order valence-electron chi connectivity index (χ0n) is 22.8. The Bertz CT molecular complexity index is 1500. The Kier molecular flexibility index (Phi) is 7.29. The van der Waals surface area contributed by atoms with E-state index in [0.717, 1.165) is 65.3 Å². The number of aryl methyl sites for hydroxylation is 1. The van der Waals surface area contributed by atoms with Crippen molar-refractivity contribution in [3.05, 3.63) is 90.1 Å². The van der Waals surface area contributed by atoms with Gasteiger partial charge in [0, 0.05) is 30.1 Å². The summed E-state index contributed by atoms with van der Waals surface area (Å²) in [5.41, 5.74) is 5.32. The van der Waals surface area contributed by atoms with Crippen LogP contribution < -0.4 is 4.90 Å². The number of methoxy groups -OCH3 is 1. The van der Waals surface area contributed by atoms with Gasteiger partial charge >= 0.3 is 5.97 Å². The van der Waals surface area contributed by atoms with Crippen molar-refractivity contribution in [2.24, 2.45) is 13.0 Å². The normalized spacial score (nSPS) is 15.4. The summed E-state index contributed by atoms with van der Waals surface area (Å²) >= 11 is 0. The molecule has 1 amide bonds. The molecule has 1 aliphatic carbocycles. The maximum atomic E-state index is 13.9. The molecular weight excluding hydrogens is 474 g/mol. The summed E-state index contributed by atoms with van der Waals surface area (Å²) in [5.74, 6) is -0.557. The van der Waals surface area contributed by atoms with Gasteiger partial charge in [-0.2, -0.15) is 5.10 Å². The van der Waals surface area contributed by atoms with Gasteiger partial charge in [0.2, 0.25) is 5.91 Å². The molecule has 38 heavy (non-hydrogen) atoms. The van der Waals surface area contributed by atoms with Crippen molar-refractivity contribution in [1.82, 2.24) is 9.78 Å². The second kappa shape index (κ2) is 11.5.